The monoisotopic (exact) mass is 284 g/mol. The van der Waals surface area contributed by atoms with Crippen molar-refractivity contribution in [1.29, 1.82) is 0 Å². The van der Waals surface area contributed by atoms with Crippen LogP contribution in [-0.4, -0.2) is 23.1 Å². The van der Waals surface area contributed by atoms with E-state index in [1.54, 1.807) is 23.1 Å². The van der Waals surface area contributed by atoms with Gasteiger partial charge in [0.05, 0.1) is 10.7 Å². The Morgan fingerprint density at radius 2 is 2.05 bits per heavy atom. The summed E-state index contributed by atoms with van der Waals surface area (Å²) in [6, 6.07) is 4.79. The van der Waals surface area contributed by atoms with E-state index in [9.17, 15) is 4.79 Å². The maximum Gasteiger partial charge on any atom is 0.415 e. The molecule has 1 amide bonds. The number of hydrogen-bond acceptors (Lipinski definition) is 3. The lowest BCUT2D eigenvalue weighted by atomic mass is 10.1. The molecule has 0 aliphatic carbocycles. The van der Waals surface area contributed by atoms with Gasteiger partial charge in [0.1, 0.15) is 5.75 Å². The standard InChI is InChI=1S/C14H21ClN2O2/c1-5-8-17(14(2,3)4)13(18)19-10-6-7-11(15)12(16)9-10/h6-7,9H,5,8,16H2,1-4H3. The van der Waals surface area contributed by atoms with Crippen molar-refractivity contribution in [3.8, 4) is 5.75 Å². The van der Waals surface area contributed by atoms with E-state index < -0.39 is 0 Å². The van der Waals surface area contributed by atoms with Crippen molar-refractivity contribution >= 4 is 23.4 Å². The van der Waals surface area contributed by atoms with Crippen molar-refractivity contribution in [2.24, 2.45) is 0 Å². The minimum atomic E-state index is -0.379. The van der Waals surface area contributed by atoms with Gasteiger partial charge in [-0.3, -0.25) is 0 Å². The number of ether oxygens (including phenoxy) is 1. The molecule has 0 atom stereocenters. The molecule has 0 bridgehead atoms. The van der Waals surface area contributed by atoms with Crippen LogP contribution in [0, 0.1) is 0 Å². The van der Waals surface area contributed by atoms with Gasteiger partial charge in [-0.05, 0) is 39.3 Å². The van der Waals surface area contributed by atoms with E-state index in [2.05, 4.69) is 0 Å². The normalized spacial score (nSPS) is 11.2. The summed E-state index contributed by atoms with van der Waals surface area (Å²) in [5, 5.41) is 0.445. The summed E-state index contributed by atoms with van der Waals surface area (Å²) in [4.78, 5) is 13.9. The van der Waals surface area contributed by atoms with Gasteiger partial charge in [0, 0.05) is 18.2 Å². The summed E-state index contributed by atoms with van der Waals surface area (Å²) in [5.74, 6) is 0.400. The number of halogens is 1. The highest BCUT2D eigenvalue weighted by atomic mass is 35.5. The molecule has 5 heteroatoms. The van der Waals surface area contributed by atoms with Crippen LogP contribution in [-0.2, 0) is 0 Å². The quantitative estimate of drug-likeness (QED) is 0.856. The van der Waals surface area contributed by atoms with Gasteiger partial charge in [0.15, 0.2) is 0 Å². The van der Waals surface area contributed by atoms with E-state index in [-0.39, 0.29) is 11.6 Å². The predicted molar refractivity (Wildman–Crippen MR) is 78.6 cm³/mol. The molecule has 1 rings (SSSR count). The minimum Gasteiger partial charge on any atom is -0.410 e. The first-order valence-electron chi connectivity index (χ1n) is 6.30. The Hall–Kier alpha value is -1.42. The molecule has 106 valence electrons. The lowest BCUT2D eigenvalue weighted by molar-refractivity contribution is 0.107. The molecular weight excluding hydrogens is 264 g/mol. The molecule has 0 spiro atoms. The molecule has 4 nitrogen and oxygen atoms in total. The van der Waals surface area contributed by atoms with Gasteiger partial charge in [0.2, 0.25) is 0 Å². The van der Waals surface area contributed by atoms with E-state index in [1.807, 2.05) is 27.7 Å². The maximum absolute atomic E-state index is 12.2. The Bertz CT molecular complexity index is 455. The van der Waals surface area contributed by atoms with Crippen LogP contribution >= 0.6 is 11.6 Å². The van der Waals surface area contributed by atoms with Crippen LogP contribution in [0.3, 0.4) is 0 Å². The van der Waals surface area contributed by atoms with Crippen LogP contribution in [0.2, 0.25) is 5.02 Å². The second-order valence-electron chi connectivity index (χ2n) is 5.37. The van der Waals surface area contributed by atoms with Gasteiger partial charge in [0.25, 0.3) is 0 Å². The van der Waals surface area contributed by atoms with Crippen molar-refractivity contribution in [2.75, 3.05) is 12.3 Å². The number of carbonyl (C=O) groups excluding carboxylic acids is 1. The number of nitrogens with zero attached hydrogens (tertiary/aromatic N) is 1. The number of nitrogen functional groups attached to an aromatic ring is 1. The summed E-state index contributed by atoms with van der Waals surface area (Å²) in [7, 11) is 0. The highest BCUT2D eigenvalue weighted by Gasteiger charge is 2.27. The second-order valence-corrected chi connectivity index (χ2v) is 5.78. The molecule has 1 aromatic rings. The van der Waals surface area contributed by atoms with Crippen molar-refractivity contribution in [2.45, 2.75) is 39.7 Å². The summed E-state index contributed by atoms with van der Waals surface area (Å²) in [6.07, 6.45) is 0.492. The molecule has 19 heavy (non-hydrogen) atoms. The zero-order chi connectivity index (χ0) is 14.6. The number of amides is 1. The van der Waals surface area contributed by atoms with Crippen LogP contribution in [0.5, 0.6) is 5.75 Å². The van der Waals surface area contributed by atoms with E-state index in [0.717, 1.165) is 6.42 Å². The second kappa shape index (κ2) is 6.15. The number of benzene rings is 1. The number of hydrogen-bond donors (Lipinski definition) is 1. The number of anilines is 1. The Morgan fingerprint density at radius 3 is 2.53 bits per heavy atom. The molecule has 0 fully saturated rings. The van der Waals surface area contributed by atoms with Crippen molar-refractivity contribution in [3.63, 3.8) is 0 Å². The highest BCUT2D eigenvalue weighted by Crippen LogP contribution is 2.25. The highest BCUT2D eigenvalue weighted by molar-refractivity contribution is 6.33. The Morgan fingerprint density at radius 1 is 1.42 bits per heavy atom. The third-order valence-corrected chi connectivity index (χ3v) is 2.99. The smallest absolute Gasteiger partial charge is 0.410 e. The van der Waals surface area contributed by atoms with Crippen LogP contribution < -0.4 is 10.5 Å². The molecule has 0 aliphatic rings. The van der Waals surface area contributed by atoms with Crippen LogP contribution in [0.15, 0.2) is 18.2 Å². The molecule has 1 aromatic carbocycles. The Balaban J connectivity index is 2.84. The first-order chi connectivity index (χ1) is 8.75. The van der Waals surface area contributed by atoms with Crippen LogP contribution in [0.4, 0.5) is 10.5 Å². The van der Waals surface area contributed by atoms with E-state index in [0.29, 0.717) is 23.0 Å². The molecule has 0 saturated carbocycles. The molecule has 0 radical (unpaired) electrons. The molecule has 0 aliphatic heterocycles. The van der Waals surface area contributed by atoms with Crippen molar-refractivity contribution in [3.05, 3.63) is 23.2 Å². The largest absolute Gasteiger partial charge is 0.415 e. The van der Waals surface area contributed by atoms with E-state index in [1.165, 1.54) is 0 Å². The molecule has 0 heterocycles. The number of nitrogens with two attached hydrogens (primary N) is 1. The van der Waals surface area contributed by atoms with Gasteiger partial charge in [-0.1, -0.05) is 18.5 Å². The van der Waals surface area contributed by atoms with Crippen LogP contribution in [0.25, 0.3) is 0 Å². The average Bonchev–Trinajstić information content (AvgIpc) is 2.29. The van der Waals surface area contributed by atoms with Gasteiger partial charge in [-0.15, -0.1) is 0 Å². The summed E-state index contributed by atoms with van der Waals surface area (Å²) in [5.41, 5.74) is 5.79. The zero-order valence-electron chi connectivity index (χ0n) is 11.9. The summed E-state index contributed by atoms with van der Waals surface area (Å²) in [6.45, 7) is 8.58. The zero-order valence-corrected chi connectivity index (χ0v) is 12.6. The average molecular weight is 285 g/mol. The molecule has 0 saturated heterocycles. The topological polar surface area (TPSA) is 55.6 Å². The first kappa shape index (κ1) is 15.6. The molecular formula is C14H21ClN2O2. The fraction of sp³-hybridized carbons (Fsp3) is 0.500. The fourth-order valence-corrected chi connectivity index (χ4v) is 1.78. The van der Waals surface area contributed by atoms with E-state index >= 15 is 0 Å². The third-order valence-electron chi connectivity index (χ3n) is 2.65. The summed E-state index contributed by atoms with van der Waals surface area (Å²) >= 11 is 5.83. The third kappa shape index (κ3) is 4.31. The van der Waals surface area contributed by atoms with Crippen molar-refractivity contribution < 1.29 is 9.53 Å². The number of rotatable bonds is 3. The Kier molecular flexibility index (Phi) is 5.06. The van der Waals surface area contributed by atoms with Gasteiger partial charge in [-0.25, -0.2) is 4.79 Å². The SMILES string of the molecule is CCCN(C(=O)Oc1ccc(Cl)c(N)c1)C(C)(C)C. The summed E-state index contributed by atoms with van der Waals surface area (Å²) < 4.78 is 5.34. The maximum atomic E-state index is 12.2. The van der Waals surface area contributed by atoms with Gasteiger partial charge >= 0.3 is 6.09 Å². The minimum absolute atomic E-state index is 0.287. The van der Waals surface area contributed by atoms with Gasteiger partial charge in [-0.2, -0.15) is 0 Å². The van der Waals surface area contributed by atoms with Gasteiger partial charge < -0.3 is 15.4 Å². The fourth-order valence-electron chi connectivity index (χ4n) is 1.67. The van der Waals surface area contributed by atoms with Crippen LogP contribution in [0.1, 0.15) is 34.1 Å². The molecule has 2 N–H and O–H groups in total. The number of carbonyl (C=O) groups is 1. The Labute approximate surface area is 119 Å². The molecule has 0 aromatic heterocycles. The molecule has 0 unspecified atom stereocenters. The lowest BCUT2D eigenvalue weighted by Gasteiger charge is -2.34. The van der Waals surface area contributed by atoms with E-state index in [4.69, 9.17) is 22.1 Å². The predicted octanol–water partition coefficient (Wildman–Crippen LogP) is 3.93. The first-order valence-corrected chi connectivity index (χ1v) is 6.68. The van der Waals surface area contributed by atoms with Crippen molar-refractivity contribution in [1.82, 2.24) is 4.90 Å². The lowest BCUT2D eigenvalue weighted by Crippen LogP contribution is -2.47.